The van der Waals surface area contributed by atoms with Crippen molar-refractivity contribution in [3.63, 3.8) is 0 Å². The van der Waals surface area contributed by atoms with Gasteiger partial charge < -0.3 is 5.73 Å². The Labute approximate surface area is 94.2 Å². The predicted octanol–water partition coefficient (Wildman–Crippen LogP) is 2.81. The fourth-order valence-electron chi connectivity index (χ4n) is 0.849. The summed E-state index contributed by atoms with van der Waals surface area (Å²) in [5.41, 5.74) is 5.67. The summed E-state index contributed by atoms with van der Waals surface area (Å²) in [5, 5.41) is 8.87. The van der Waals surface area contributed by atoms with Gasteiger partial charge in [0.1, 0.15) is 5.54 Å². The summed E-state index contributed by atoms with van der Waals surface area (Å²) < 4.78 is 0. The lowest BCUT2D eigenvalue weighted by Gasteiger charge is -2.14. The van der Waals surface area contributed by atoms with Gasteiger partial charge in [-0.1, -0.05) is 30.3 Å². The number of hydrogen-bond acceptors (Lipinski definition) is 2. The van der Waals surface area contributed by atoms with Crippen LogP contribution in [0, 0.1) is 11.3 Å². The lowest BCUT2D eigenvalue weighted by molar-refractivity contribution is 0.646. The number of hydrogen-bond donors (Lipinski definition) is 1. The summed E-state index contributed by atoms with van der Waals surface area (Å²) >= 11 is 9.53. The van der Waals surface area contributed by atoms with Crippen LogP contribution in [0.5, 0.6) is 0 Å². The maximum Gasteiger partial charge on any atom is 0.126 e. The third kappa shape index (κ3) is 4.48. The first-order valence-electron chi connectivity index (χ1n) is 3.96. The Morgan fingerprint density at radius 2 is 1.79 bits per heavy atom. The first-order valence-corrected chi connectivity index (χ1v) is 5.03. The van der Waals surface area contributed by atoms with Gasteiger partial charge in [-0.25, -0.2) is 0 Å². The number of rotatable bonds is 1. The summed E-state index contributed by atoms with van der Waals surface area (Å²) in [6, 6.07) is 11.4. The zero-order valence-electron chi connectivity index (χ0n) is 7.87. The molecular weight excluding hydrogens is 219 g/mol. The van der Waals surface area contributed by atoms with Gasteiger partial charge in [-0.3, -0.25) is 0 Å². The van der Waals surface area contributed by atoms with Crippen molar-refractivity contribution >= 4 is 23.2 Å². The molecular formula is C10H12Cl2N2. The van der Waals surface area contributed by atoms with Crippen molar-refractivity contribution in [3.05, 3.63) is 35.9 Å². The first kappa shape index (κ1) is 13.2. The molecule has 14 heavy (non-hydrogen) atoms. The third-order valence-electron chi connectivity index (χ3n) is 1.61. The van der Waals surface area contributed by atoms with Crippen LogP contribution in [0.4, 0.5) is 0 Å². The van der Waals surface area contributed by atoms with E-state index < -0.39 is 5.54 Å². The van der Waals surface area contributed by atoms with Crippen LogP contribution < -0.4 is 5.73 Å². The van der Waals surface area contributed by atoms with Gasteiger partial charge in [-0.2, -0.15) is 5.26 Å². The van der Waals surface area contributed by atoms with Gasteiger partial charge in [0.15, 0.2) is 0 Å². The normalized spacial score (nSPS) is 13.1. The highest BCUT2D eigenvalue weighted by Gasteiger charge is 2.18. The molecule has 2 N–H and O–H groups in total. The molecule has 1 aromatic rings. The van der Waals surface area contributed by atoms with E-state index in [-0.39, 0.29) is 5.34 Å². The standard InChI is InChI=1S/C9H10N2.CH2Cl2/c1-9(11,7-10)8-5-3-2-4-6-8;2-1-3/h2-6H,11H2,1H3;1H2. The van der Waals surface area contributed by atoms with Gasteiger partial charge in [0.2, 0.25) is 0 Å². The fourth-order valence-corrected chi connectivity index (χ4v) is 0.849. The Morgan fingerprint density at radius 3 is 2.14 bits per heavy atom. The lowest BCUT2D eigenvalue weighted by atomic mass is 9.95. The van der Waals surface area contributed by atoms with Crippen molar-refractivity contribution in [2.75, 3.05) is 5.34 Å². The lowest BCUT2D eigenvalue weighted by Crippen LogP contribution is -2.30. The van der Waals surface area contributed by atoms with Crippen LogP contribution in [0.2, 0.25) is 0 Å². The van der Waals surface area contributed by atoms with E-state index in [1.807, 2.05) is 36.4 Å². The molecule has 76 valence electrons. The van der Waals surface area contributed by atoms with Gasteiger partial charge in [-0.05, 0) is 12.5 Å². The molecule has 0 aromatic heterocycles. The first-order chi connectivity index (χ1) is 6.58. The second-order valence-corrected chi connectivity index (χ2v) is 3.59. The van der Waals surface area contributed by atoms with Crippen molar-refractivity contribution in [2.24, 2.45) is 5.73 Å². The van der Waals surface area contributed by atoms with Crippen LogP contribution in [0.25, 0.3) is 0 Å². The van der Waals surface area contributed by atoms with Gasteiger partial charge >= 0.3 is 0 Å². The Kier molecular flexibility index (Phi) is 6.31. The Bertz CT molecular complexity index is 291. The second-order valence-electron chi connectivity index (χ2n) is 2.78. The Morgan fingerprint density at radius 1 is 1.36 bits per heavy atom. The third-order valence-corrected chi connectivity index (χ3v) is 1.61. The highest BCUT2D eigenvalue weighted by atomic mass is 35.5. The van der Waals surface area contributed by atoms with Gasteiger partial charge in [-0.15, -0.1) is 23.2 Å². The monoisotopic (exact) mass is 230 g/mol. The topological polar surface area (TPSA) is 49.8 Å². The average Bonchev–Trinajstić information content (AvgIpc) is 2.20. The molecule has 0 saturated heterocycles. The number of nitrogens with zero attached hydrogens (tertiary/aromatic N) is 1. The molecule has 1 atom stereocenters. The van der Waals surface area contributed by atoms with Crippen LogP contribution in [-0.4, -0.2) is 5.34 Å². The van der Waals surface area contributed by atoms with Crippen LogP contribution in [0.15, 0.2) is 30.3 Å². The molecule has 0 aliphatic heterocycles. The maximum atomic E-state index is 8.67. The predicted molar refractivity (Wildman–Crippen MR) is 60.2 cm³/mol. The van der Waals surface area contributed by atoms with Gasteiger partial charge in [0.05, 0.1) is 11.4 Å². The number of halogens is 2. The van der Waals surface area contributed by atoms with Crippen LogP contribution in [0.1, 0.15) is 12.5 Å². The number of benzene rings is 1. The molecule has 0 spiro atoms. The summed E-state index contributed by atoms with van der Waals surface area (Å²) in [4.78, 5) is 0. The molecule has 0 heterocycles. The zero-order chi connectivity index (χ0) is 11.0. The van der Waals surface area contributed by atoms with Crippen molar-refractivity contribution < 1.29 is 0 Å². The highest BCUT2D eigenvalue weighted by Crippen LogP contribution is 2.14. The number of alkyl halides is 2. The molecule has 1 unspecified atom stereocenters. The van der Waals surface area contributed by atoms with E-state index in [2.05, 4.69) is 0 Å². The van der Waals surface area contributed by atoms with Gasteiger partial charge in [0.25, 0.3) is 0 Å². The van der Waals surface area contributed by atoms with E-state index in [0.29, 0.717) is 0 Å². The molecule has 0 bridgehead atoms. The minimum absolute atomic E-state index is 0.194. The molecule has 0 aliphatic rings. The summed E-state index contributed by atoms with van der Waals surface area (Å²) in [5.74, 6) is 0. The fraction of sp³-hybridized carbons (Fsp3) is 0.300. The van der Waals surface area contributed by atoms with E-state index in [1.54, 1.807) is 6.92 Å². The number of nitriles is 1. The highest BCUT2D eigenvalue weighted by molar-refractivity contribution is 6.40. The van der Waals surface area contributed by atoms with Crippen molar-refractivity contribution in [3.8, 4) is 6.07 Å². The zero-order valence-corrected chi connectivity index (χ0v) is 9.39. The molecule has 0 aliphatic carbocycles. The van der Waals surface area contributed by atoms with Crippen LogP contribution >= 0.6 is 23.2 Å². The van der Waals surface area contributed by atoms with E-state index >= 15 is 0 Å². The van der Waals surface area contributed by atoms with Crippen LogP contribution in [-0.2, 0) is 5.54 Å². The molecule has 0 radical (unpaired) electrons. The Balaban J connectivity index is 0.000000500. The van der Waals surface area contributed by atoms with E-state index in [9.17, 15) is 0 Å². The molecule has 4 heteroatoms. The van der Waals surface area contributed by atoms with E-state index in [1.165, 1.54) is 0 Å². The molecule has 1 rings (SSSR count). The molecule has 0 saturated carbocycles. The maximum absolute atomic E-state index is 8.67. The Hall–Kier alpha value is -0.750. The van der Waals surface area contributed by atoms with Crippen molar-refractivity contribution in [1.82, 2.24) is 0 Å². The largest absolute Gasteiger partial charge is 0.310 e. The smallest absolute Gasteiger partial charge is 0.126 e. The van der Waals surface area contributed by atoms with E-state index in [4.69, 9.17) is 34.2 Å². The van der Waals surface area contributed by atoms with E-state index in [0.717, 1.165) is 5.56 Å². The molecule has 0 fully saturated rings. The molecule has 2 nitrogen and oxygen atoms in total. The SMILES string of the molecule is CC(N)(C#N)c1ccccc1.ClCCl. The second kappa shape index (κ2) is 6.67. The number of nitrogens with two attached hydrogens (primary N) is 1. The minimum Gasteiger partial charge on any atom is -0.310 e. The summed E-state index contributed by atoms with van der Waals surface area (Å²) in [6.07, 6.45) is 0. The van der Waals surface area contributed by atoms with Crippen LogP contribution in [0.3, 0.4) is 0 Å². The summed E-state index contributed by atoms with van der Waals surface area (Å²) in [7, 11) is 0. The summed E-state index contributed by atoms with van der Waals surface area (Å²) in [6.45, 7) is 1.70. The van der Waals surface area contributed by atoms with Crippen molar-refractivity contribution in [2.45, 2.75) is 12.5 Å². The molecule has 0 amide bonds. The average molecular weight is 231 g/mol. The van der Waals surface area contributed by atoms with Crippen molar-refractivity contribution in [1.29, 1.82) is 5.26 Å². The minimum atomic E-state index is -0.860. The van der Waals surface area contributed by atoms with Gasteiger partial charge in [0, 0.05) is 0 Å². The quantitative estimate of drug-likeness (QED) is 0.755. The molecule has 1 aromatic carbocycles.